The summed E-state index contributed by atoms with van der Waals surface area (Å²) in [5.41, 5.74) is 2.62. The highest BCUT2D eigenvalue weighted by atomic mass is 16.7. The van der Waals surface area contributed by atoms with E-state index in [0.29, 0.717) is 30.0 Å². The number of unbranched alkanes of at least 4 members (excludes halogenated alkanes) is 4. The molecule has 0 aliphatic carbocycles. The van der Waals surface area contributed by atoms with E-state index < -0.39 is 24.0 Å². The number of phenols is 1. The molecule has 3 amide bonds. The number of imide groups is 1. The number of amides is 3. The first-order valence-electron chi connectivity index (χ1n) is 14.1. The number of nitrogens with zero attached hydrogens (tertiary/aromatic N) is 2. The largest absolute Gasteiger partial charge is 0.508 e. The summed E-state index contributed by atoms with van der Waals surface area (Å²) < 4.78 is 5.75. The smallest absolute Gasteiger partial charge is 0.365 e. The Morgan fingerprint density at radius 2 is 1.71 bits per heavy atom. The van der Waals surface area contributed by atoms with Gasteiger partial charge in [0.25, 0.3) is 5.91 Å². The fourth-order valence-electron chi connectivity index (χ4n) is 4.51. The minimum Gasteiger partial charge on any atom is -0.508 e. The summed E-state index contributed by atoms with van der Waals surface area (Å²) in [5, 5.41) is 33.1. The van der Waals surface area contributed by atoms with Crippen LogP contribution in [0.15, 0.2) is 42.5 Å². The molecule has 0 unspecified atom stereocenters. The molecule has 2 aromatic rings. The molecule has 11 heteroatoms. The second-order valence-electron chi connectivity index (χ2n) is 10.0. The van der Waals surface area contributed by atoms with Crippen molar-refractivity contribution in [2.75, 3.05) is 37.7 Å². The van der Waals surface area contributed by atoms with Crippen molar-refractivity contribution in [3.8, 4) is 5.75 Å². The third-order valence-corrected chi connectivity index (χ3v) is 6.76. The number of carbonyl (C=O) groups is 3. The number of urea groups is 1. The highest BCUT2D eigenvalue weighted by Gasteiger charge is 2.39. The van der Waals surface area contributed by atoms with E-state index in [1.807, 2.05) is 12.1 Å². The van der Waals surface area contributed by atoms with E-state index in [4.69, 9.17) is 9.57 Å². The van der Waals surface area contributed by atoms with Gasteiger partial charge in [-0.1, -0.05) is 31.0 Å². The van der Waals surface area contributed by atoms with E-state index in [-0.39, 0.29) is 18.9 Å². The van der Waals surface area contributed by atoms with E-state index in [1.165, 1.54) is 13.0 Å². The molecular formula is C30H41N3O8. The van der Waals surface area contributed by atoms with Crippen LogP contribution in [0.1, 0.15) is 68.2 Å². The SMILES string of the molecule is CC(=O)ON1CC(=O)N(c2ccc(CCCCOCCCCCCNC[C@H](O)c3ccc(O)c(CO)c3)cc2)C1=O. The molecule has 1 aliphatic heterocycles. The fourth-order valence-corrected chi connectivity index (χ4v) is 4.51. The number of hydrogen-bond donors (Lipinski definition) is 4. The third-order valence-electron chi connectivity index (χ3n) is 6.76. The molecule has 41 heavy (non-hydrogen) atoms. The standard InChI is InChI=1S/C30H41N3O8/c1-22(35)41-32-20-29(38)33(30(32)39)26-12-9-23(10-13-26)8-4-7-17-40-16-6-3-2-5-15-31-19-28(37)24-11-14-27(36)25(18-24)21-34/h9-14,18,28,31,34,36-37H,2-8,15-17,19-21H2,1H3/t28-/m0/s1. The minimum absolute atomic E-state index is 0.0261. The number of aliphatic hydroxyl groups excluding tert-OH is 2. The molecule has 1 fully saturated rings. The number of rotatable bonds is 18. The van der Waals surface area contributed by atoms with Crippen molar-refractivity contribution in [3.05, 3.63) is 59.2 Å². The Morgan fingerprint density at radius 1 is 1.00 bits per heavy atom. The highest BCUT2D eigenvalue weighted by molar-refractivity contribution is 6.19. The predicted octanol–water partition coefficient (Wildman–Crippen LogP) is 3.35. The zero-order chi connectivity index (χ0) is 29.6. The lowest BCUT2D eigenvalue weighted by Crippen LogP contribution is -2.33. The van der Waals surface area contributed by atoms with Gasteiger partial charge in [-0.2, -0.15) is 0 Å². The summed E-state index contributed by atoms with van der Waals surface area (Å²) in [7, 11) is 0. The number of hydroxylamine groups is 2. The number of carbonyl (C=O) groups excluding carboxylic acids is 3. The zero-order valence-electron chi connectivity index (χ0n) is 23.6. The molecule has 0 radical (unpaired) electrons. The van der Waals surface area contributed by atoms with Crippen molar-refractivity contribution >= 4 is 23.6 Å². The van der Waals surface area contributed by atoms with Crippen LogP contribution in [-0.2, 0) is 32.2 Å². The second-order valence-corrected chi connectivity index (χ2v) is 10.0. The minimum atomic E-state index is -0.693. The Balaban J connectivity index is 1.17. The van der Waals surface area contributed by atoms with Crippen molar-refractivity contribution in [3.63, 3.8) is 0 Å². The topological polar surface area (TPSA) is 149 Å². The lowest BCUT2D eigenvalue weighted by molar-refractivity contribution is -0.171. The molecule has 0 spiro atoms. The number of aryl methyl sites for hydroxylation is 1. The Hall–Kier alpha value is -3.51. The molecule has 1 heterocycles. The van der Waals surface area contributed by atoms with E-state index >= 15 is 0 Å². The van der Waals surface area contributed by atoms with Gasteiger partial charge >= 0.3 is 12.0 Å². The number of aromatic hydroxyl groups is 1. The zero-order valence-corrected chi connectivity index (χ0v) is 23.6. The van der Waals surface area contributed by atoms with Gasteiger partial charge in [-0.15, -0.1) is 5.06 Å². The average molecular weight is 572 g/mol. The van der Waals surface area contributed by atoms with Crippen LogP contribution in [0, 0.1) is 0 Å². The molecule has 3 rings (SSSR count). The van der Waals surface area contributed by atoms with Gasteiger partial charge in [-0.05, 0) is 74.0 Å². The molecule has 11 nitrogen and oxygen atoms in total. The predicted molar refractivity (Wildman–Crippen MR) is 152 cm³/mol. The summed E-state index contributed by atoms with van der Waals surface area (Å²) in [6.07, 6.45) is 6.24. The second kappa shape index (κ2) is 16.7. The molecule has 0 saturated carbocycles. The first-order chi connectivity index (χ1) is 19.8. The summed E-state index contributed by atoms with van der Waals surface area (Å²) in [6, 6.07) is 11.3. The fraction of sp³-hybridized carbons (Fsp3) is 0.500. The summed E-state index contributed by atoms with van der Waals surface area (Å²) in [5.74, 6) is -1.08. The Labute approximate surface area is 240 Å². The summed E-state index contributed by atoms with van der Waals surface area (Å²) in [4.78, 5) is 41.4. The molecule has 1 atom stereocenters. The summed E-state index contributed by atoms with van der Waals surface area (Å²) >= 11 is 0. The van der Waals surface area contributed by atoms with Crippen LogP contribution in [-0.4, -0.2) is 71.1 Å². The van der Waals surface area contributed by atoms with Gasteiger partial charge < -0.3 is 30.2 Å². The molecule has 2 aromatic carbocycles. The first-order valence-corrected chi connectivity index (χ1v) is 14.1. The molecule has 0 bridgehead atoms. The van der Waals surface area contributed by atoms with Crippen LogP contribution in [0.3, 0.4) is 0 Å². The van der Waals surface area contributed by atoms with Gasteiger partial charge in [0.15, 0.2) is 0 Å². The van der Waals surface area contributed by atoms with Crippen molar-refractivity contribution in [2.45, 2.75) is 64.6 Å². The monoisotopic (exact) mass is 571 g/mol. The van der Waals surface area contributed by atoms with Crippen molar-refractivity contribution in [1.82, 2.24) is 10.4 Å². The van der Waals surface area contributed by atoms with Gasteiger partial charge in [0, 0.05) is 32.2 Å². The van der Waals surface area contributed by atoms with Crippen molar-refractivity contribution in [2.24, 2.45) is 0 Å². The van der Waals surface area contributed by atoms with Gasteiger partial charge in [0.1, 0.15) is 12.3 Å². The van der Waals surface area contributed by atoms with Crippen LogP contribution < -0.4 is 10.2 Å². The van der Waals surface area contributed by atoms with Gasteiger partial charge in [0.2, 0.25) is 0 Å². The van der Waals surface area contributed by atoms with Crippen LogP contribution in [0.2, 0.25) is 0 Å². The van der Waals surface area contributed by atoms with E-state index in [9.17, 15) is 29.7 Å². The summed E-state index contributed by atoms with van der Waals surface area (Å²) in [6.45, 7) is 3.27. The number of benzene rings is 2. The van der Waals surface area contributed by atoms with Crippen molar-refractivity contribution < 1.29 is 39.3 Å². The van der Waals surface area contributed by atoms with E-state index in [2.05, 4.69) is 5.32 Å². The number of aliphatic hydroxyl groups is 2. The first kappa shape index (κ1) is 32.0. The van der Waals surface area contributed by atoms with E-state index in [1.54, 1.807) is 24.3 Å². The average Bonchev–Trinajstić information content (AvgIpc) is 3.23. The normalized spacial score (nSPS) is 14.1. The lowest BCUT2D eigenvalue weighted by Gasteiger charge is -2.15. The molecule has 4 N–H and O–H groups in total. The maximum atomic E-state index is 12.3. The molecule has 1 saturated heterocycles. The quantitative estimate of drug-likeness (QED) is 0.156. The number of ether oxygens (including phenoxy) is 1. The Kier molecular flexibility index (Phi) is 13.0. The lowest BCUT2D eigenvalue weighted by atomic mass is 10.1. The van der Waals surface area contributed by atoms with Crippen LogP contribution in [0.5, 0.6) is 5.75 Å². The van der Waals surface area contributed by atoms with Crippen LogP contribution >= 0.6 is 0 Å². The number of nitrogens with one attached hydrogen (secondary N) is 1. The van der Waals surface area contributed by atoms with E-state index in [0.717, 1.165) is 73.6 Å². The van der Waals surface area contributed by atoms with Crippen LogP contribution in [0.25, 0.3) is 0 Å². The molecule has 224 valence electrons. The van der Waals surface area contributed by atoms with Gasteiger partial charge in [0.05, 0.1) is 18.4 Å². The van der Waals surface area contributed by atoms with Gasteiger partial charge in [-0.3, -0.25) is 9.59 Å². The highest BCUT2D eigenvalue weighted by Crippen LogP contribution is 2.23. The molecule has 1 aliphatic rings. The maximum absolute atomic E-state index is 12.3. The van der Waals surface area contributed by atoms with Crippen molar-refractivity contribution in [1.29, 1.82) is 0 Å². The number of anilines is 1. The molecule has 0 aromatic heterocycles. The number of hydrogen-bond acceptors (Lipinski definition) is 9. The third kappa shape index (κ3) is 10.1. The Bertz CT molecular complexity index is 1140. The van der Waals surface area contributed by atoms with Gasteiger partial charge in [-0.25, -0.2) is 9.69 Å². The maximum Gasteiger partial charge on any atom is 0.365 e. The Morgan fingerprint density at radius 3 is 2.41 bits per heavy atom. The van der Waals surface area contributed by atoms with Crippen LogP contribution in [0.4, 0.5) is 10.5 Å². The molecular weight excluding hydrogens is 530 g/mol.